The summed E-state index contributed by atoms with van der Waals surface area (Å²) >= 11 is 0. The standard InChI is InChI=1S/C14H22FN/c1-6-16-12(5)11(4)14-10(3)7-9(2)8-13(14)15/h7-8,11-12,16H,6H2,1-5H3. The smallest absolute Gasteiger partial charge is 0.127 e. The molecule has 0 saturated carbocycles. The molecule has 2 unspecified atom stereocenters. The van der Waals surface area contributed by atoms with E-state index in [0.717, 1.165) is 23.2 Å². The first-order valence-corrected chi connectivity index (χ1v) is 5.97. The molecule has 0 saturated heterocycles. The second kappa shape index (κ2) is 5.44. The summed E-state index contributed by atoms with van der Waals surface area (Å²) in [4.78, 5) is 0. The second-order valence-corrected chi connectivity index (χ2v) is 4.61. The van der Waals surface area contributed by atoms with Gasteiger partial charge in [-0.15, -0.1) is 0 Å². The molecule has 1 nitrogen and oxygen atoms in total. The molecule has 1 N–H and O–H groups in total. The third kappa shape index (κ3) is 2.82. The number of hydrogen-bond donors (Lipinski definition) is 1. The van der Waals surface area contributed by atoms with Crippen molar-refractivity contribution in [3.63, 3.8) is 0 Å². The van der Waals surface area contributed by atoms with Gasteiger partial charge in [-0.3, -0.25) is 0 Å². The molecule has 0 aromatic heterocycles. The van der Waals surface area contributed by atoms with Crippen molar-refractivity contribution in [2.75, 3.05) is 6.54 Å². The third-order valence-electron chi connectivity index (χ3n) is 3.21. The zero-order valence-corrected chi connectivity index (χ0v) is 10.9. The minimum Gasteiger partial charge on any atom is -0.314 e. The molecule has 1 aromatic rings. The van der Waals surface area contributed by atoms with Gasteiger partial charge in [0.25, 0.3) is 0 Å². The topological polar surface area (TPSA) is 12.0 Å². The van der Waals surface area contributed by atoms with Gasteiger partial charge in [-0.05, 0) is 56.0 Å². The van der Waals surface area contributed by atoms with Crippen LogP contribution in [0.2, 0.25) is 0 Å². The molecule has 1 aromatic carbocycles. The lowest BCUT2D eigenvalue weighted by atomic mass is 9.89. The maximum atomic E-state index is 13.9. The van der Waals surface area contributed by atoms with Gasteiger partial charge >= 0.3 is 0 Å². The van der Waals surface area contributed by atoms with Crippen LogP contribution in [-0.4, -0.2) is 12.6 Å². The SMILES string of the molecule is CCNC(C)C(C)c1c(C)cc(C)cc1F. The first-order valence-electron chi connectivity index (χ1n) is 5.97. The van der Waals surface area contributed by atoms with Gasteiger partial charge in [-0.25, -0.2) is 4.39 Å². The van der Waals surface area contributed by atoms with Crippen LogP contribution < -0.4 is 5.32 Å². The van der Waals surface area contributed by atoms with Crippen molar-refractivity contribution in [2.24, 2.45) is 0 Å². The van der Waals surface area contributed by atoms with E-state index in [0.29, 0.717) is 6.04 Å². The van der Waals surface area contributed by atoms with Crippen LogP contribution in [0.1, 0.15) is 43.4 Å². The summed E-state index contributed by atoms with van der Waals surface area (Å²) in [5.74, 6) is 0.121. The third-order valence-corrected chi connectivity index (χ3v) is 3.21. The van der Waals surface area contributed by atoms with Crippen LogP contribution in [-0.2, 0) is 0 Å². The summed E-state index contributed by atoms with van der Waals surface area (Å²) in [6.45, 7) is 11.1. The van der Waals surface area contributed by atoms with Gasteiger partial charge in [0.15, 0.2) is 0 Å². The van der Waals surface area contributed by atoms with E-state index in [9.17, 15) is 4.39 Å². The largest absolute Gasteiger partial charge is 0.314 e. The quantitative estimate of drug-likeness (QED) is 0.823. The maximum absolute atomic E-state index is 13.9. The number of halogens is 1. The van der Waals surface area contributed by atoms with Gasteiger partial charge in [0, 0.05) is 6.04 Å². The molecule has 0 aliphatic heterocycles. The fourth-order valence-electron chi connectivity index (χ4n) is 2.25. The van der Waals surface area contributed by atoms with E-state index in [1.165, 1.54) is 0 Å². The monoisotopic (exact) mass is 223 g/mol. The summed E-state index contributed by atoms with van der Waals surface area (Å²) in [7, 11) is 0. The van der Waals surface area contributed by atoms with E-state index >= 15 is 0 Å². The first kappa shape index (κ1) is 13.2. The summed E-state index contributed by atoms with van der Waals surface area (Å²) in [6.07, 6.45) is 0. The summed E-state index contributed by atoms with van der Waals surface area (Å²) in [6, 6.07) is 3.96. The molecule has 2 atom stereocenters. The zero-order chi connectivity index (χ0) is 12.3. The number of hydrogen-bond acceptors (Lipinski definition) is 1. The Morgan fingerprint density at radius 1 is 1.25 bits per heavy atom. The zero-order valence-electron chi connectivity index (χ0n) is 10.9. The van der Waals surface area contributed by atoms with Crippen molar-refractivity contribution in [1.82, 2.24) is 5.32 Å². The molecule has 90 valence electrons. The number of aryl methyl sites for hydroxylation is 2. The van der Waals surface area contributed by atoms with Crippen LogP contribution in [0, 0.1) is 19.7 Å². The van der Waals surface area contributed by atoms with E-state index in [2.05, 4.69) is 26.1 Å². The molecule has 0 bridgehead atoms. The molecule has 16 heavy (non-hydrogen) atoms. The number of rotatable bonds is 4. The van der Waals surface area contributed by atoms with Crippen molar-refractivity contribution in [1.29, 1.82) is 0 Å². The van der Waals surface area contributed by atoms with Gasteiger partial charge in [-0.2, -0.15) is 0 Å². The van der Waals surface area contributed by atoms with Gasteiger partial charge in [0.05, 0.1) is 0 Å². The Labute approximate surface area is 98.1 Å². The van der Waals surface area contributed by atoms with Crippen LogP contribution >= 0.6 is 0 Å². The lowest BCUT2D eigenvalue weighted by molar-refractivity contribution is 0.474. The minimum absolute atomic E-state index is 0.0743. The van der Waals surface area contributed by atoms with Gasteiger partial charge in [0.1, 0.15) is 5.82 Å². The predicted octanol–water partition coefficient (Wildman–Crippen LogP) is 3.54. The average molecular weight is 223 g/mol. The van der Waals surface area contributed by atoms with E-state index in [1.54, 1.807) is 6.07 Å². The van der Waals surface area contributed by atoms with Gasteiger partial charge in [0.2, 0.25) is 0 Å². The molecule has 0 amide bonds. The Morgan fingerprint density at radius 2 is 1.88 bits per heavy atom. The highest BCUT2D eigenvalue weighted by molar-refractivity contribution is 5.35. The predicted molar refractivity (Wildman–Crippen MR) is 67.4 cm³/mol. The van der Waals surface area contributed by atoms with Crippen LogP contribution in [0.5, 0.6) is 0 Å². The molecule has 0 heterocycles. The Balaban J connectivity index is 3.03. The molecule has 0 fully saturated rings. The van der Waals surface area contributed by atoms with Crippen LogP contribution in [0.3, 0.4) is 0 Å². The Bertz CT molecular complexity index is 337. The number of benzene rings is 1. The van der Waals surface area contributed by atoms with Crippen LogP contribution in [0.4, 0.5) is 4.39 Å². The molecular weight excluding hydrogens is 201 g/mol. The van der Waals surface area contributed by atoms with Gasteiger partial charge < -0.3 is 5.32 Å². The van der Waals surface area contributed by atoms with Crippen molar-refractivity contribution in [2.45, 2.75) is 46.6 Å². The average Bonchev–Trinajstić information content (AvgIpc) is 2.16. The summed E-state index contributed by atoms with van der Waals surface area (Å²) < 4.78 is 13.9. The van der Waals surface area contributed by atoms with Gasteiger partial charge in [-0.1, -0.05) is 19.9 Å². The second-order valence-electron chi connectivity index (χ2n) is 4.61. The number of nitrogens with one attached hydrogen (secondary N) is 1. The molecular formula is C14H22FN. The van der Waals surface area contributed by atoms with Crippen molar-refractivity contribution >= 4 is 0 Å². The summed E-state index contributed by atoms with van der Waals surface area (Å²) in [5, 5.41) is 3.35. The molecule has 0 spiro atoms. The van der Waals surface area contributed by atoms with E-state index in [1.807, 2.05) is 19.9 Å². The number of likely N-dealkylation sites (N-methyl/N-ethyl adjacent to an activating group) is 1. The highest BCUT2D eigenvalue weighted by atomic mass is 19.1. The molecule has 0 aliphatic carbocycles. The lowest BCUT2D eigenvalue weighted by Crippen LogP contribution is -2.31. The van der Waals surface area contributed by atoms with E-state index < -0.39 is 0 Å². The minimum atomic E-state index is -0.0743. The molecule has 0 radical (unpaired) electrons. The lowest BCUT2D eigenvalue weighted by Gasteiger charge is -2.23. The fraction of sp³-hybridized carbons (Fsp3) is 0.571. The molecule has 0 aliphatic rings. The normalized spacial score (nSPS) is 14.9. The molecule has 1 rings (SSSR count). The highest BCUT2D eigenvalue weighted by Gasteiger charge is 2.19. The van der Waals surface area contributed by atoms with Crippen molar-refractivity contribution in [3.8, 4) is 0 Å². The van der Waals surface area contributed by atoms with E-state index in [4.69, 9.17) is 0 Å². The Kier molecular flexibility index (Phi) is 4.48. The summed E-state index contributed by atoms with van der Waals surface area (Å²) in [5.41, 5.74) is 2.89. The first-order chi connectivity index (χ1) is 7.47. The highest BCUT2D eigenvalue weighted by Crippen LogP contribution is 2.26. The molecule has 2 heteroatoms. The fourth-order valence-corrected chi connectivity index (χ4v) is 2.25. The van der Waals surface area contributed by atoms with Crippen molar-refractivity contribution in [3.05, 3.63) is 34.6 Å². The van der Waals surface area contributed by atoms with Crippen molar-refractivity contribution < 1.29 is 4.39 Å². The Hall–Kier alpha value is -0.890. The van der Waals surface area contributed by atoms with Crippen LogP contribution in [0.25, 0.3) is 0 Å². The van der Waals surface area contributed by atoms with Crippen LogP contribution in [0.15, 0.2) is 12.1 Å². The maximum Gasteiger partial charge on any atom is 0.127 e. The van der Waals surface area contributed by atoms with E-state index in [-0.39, 0.29) is 11.7 Å². The Morgan fingerprint density at radius 3 is 2.38 bits per heavy atom.